The normalized spacial score (nSPS) is 21.6. The largest absolute Gasteiger partial charge is 0.354 e. The Hall–Kier alpha value is -1.84. The zero-order valence-corrected chi connectivity index (χ0v) is 12.6. The molecule has 110 valence electrons. The van der Waals surface area contributed by atoms with Crippen LogP contribution < -0.4 is 4.90 Å². The van der Waals surface area contributed by atoms with Crippen molar-refractivity contribution in [2.45, 2.75) is 45.1 Å². The van der Waals surface area contributed by atoms with Gasteiger partial charge in [-0.25, -0.2) is 9.97 Å². The molecule has 0 amide bonds. The van der Waals surface area contributed by atoms with Crippen molar-refractivity contribution in [3.05, 3.63) is 41.6 Å². The highest BCUT2D eigenvalue weighted by molar-refractivity contribution is 5.42. The number of aromatic nitrogens is 3. The fraction of sp³-hybridized carbons (Fsp3) is 0.529. The van der Waals surface area contributed by atoms with Gasteiger partial charge in [0.1, 0.15) is 5.82 Å². The highest BCUT2D eigenvalue weighted by Crippen LogP contribution is 2.30. The fourth-order valence-electron chi connectivity index (χ4n) is 3.68. The van der Waals surface area contributed by atoms with Crippen molar-refractivity contribution in [2.24, 2.45) is 0 Å². The minimum Gasteiger partial charge on any atom is -0.354 e. The van der Waals surface area contributed by atoms with Crippen LogP contribution in [0, 0.1) is 6.92 Å². The standard InChI is InChI=1S/C17H22N4/c1-13-6-8-18-17(10-13)20-9-7-14(11-20)21-12-19-15-4-2-3-5-16(15)21/h6,8,10,12,14H,2-5,7,9,11H2,1H3/t14-/m0/s1. The van der Waals surface area contributed by atoms with E-state index in [1.165, 1.54) is 42.6 Å². The maximum Gasteiger partial charge on any atom is 0.128 e. The Morgan fingerprint density at radius 1 is 1.19 bits per heavy atom. The molecule has 1 atom stereocenters. The molecule has 1 fully saturated rings. The van der Waals surface area contributed by atoms with Gasteiger partial charge in [0.05, 0.1) is 18.1 Å². The van der Waals surface area contributed by atoms with Gasteiger partial charge < -0.3 is 9.47 Å². The molecule has 1 aliphatic heterocycles. The lowest BCUT2D eigenvalue weighted by molar-refractivity contribution is 0.515. The van der Waals surface area contributed by atoms with Crippen molar-refractivity contribution in [2.75, 3.05) is 18.0 Å². The predicted molar refractivity (Wildman–Crippen MR) is 83.7 cm³/mol. The number of fused-ring (bicyclic) bond motifs is 1. The molecule has 2 aromatic rings. The van der Waals surface area contributed by atoms with Crippen LogP contribution >= 0.6 is 0 Å². The van der Waals surface area contributed by atoms with E-state index < -0.39 is 0 Å². The summed E-state index contributed by atoms with van der Waals surface area (Å²) in [5.74, 6) is 1.12. The van der Waals surface area contributed by atoms with Gasteiger partial charge in [0, 0.05) is 25.0 Å². The van der Waals surface area contributed by atoms with Crippen molar-refractivity contribution in [3.8, 4) is 0 Å². The maximum atomic E-state index is 4.64. The van der Waals surface area contributed by atoms with Crippen molar-refractivity contribution in [1.29, 1.82) is 0 Å². The van der Waals surface area contributed by atoms with Crippen LogP contribution in [0.5, 0.6) is 0 Å². The van der Waals surface area contributed by atoms with Crippen LogP contribution in [0.4, 0.5) is 5.82 Å². The number of nitrogens with zero attached hydrogens (tertiary/aromatic N) is 4. The van der Waals surface area contributed by atoms with E-state index in [1.54, 1.807) is 0 Å². The fourth-order valence-corrected chi connectivity index (χ4v) is 3.68. The average Bonchev–Trinajstić information content (AvgIpc) is 3.14. The molecule has 4 heteroatoms. The summed E-state index contributed by atoms with van der Waals surface area (Å²) in [5.41, 5.74) is 4.11. The lowest BCUT2D eigenvalue weighted by Crippen LogP contribution is -2.22. The molecular formula is C17H22N4. The van der Waals surface area contributed by atoms with Gasteiger partial charge in [-0.15, -0.1) is 0 Å². The Morgan fingerprint density at radius 3 is 3.00 bits per heavy atom. The third kappa shape index (κ3) is 2.33. The first kappa shape index (κ1) is 12.9. The average molecular weight is 282 g/mol. The summed E-state index contributed by atoms with van der Waals surface area (Å²) in [6.45, 7) is 4.28. The second kappa shape index (κ2) is 5.17. The summed E-state index contributed by atoms with van der Waals surface area (Å²) in [4.78, 5) is 11.6. The Bertz CT molecular complexity index is 646. The Balaban J connectivity index is 1.55. The third-order valence-corrected chi connectivity index (χ3v) is 4.84. The summed E-state index contributed by atoms with van der Waals surface area (Å²) in [6.07, 6.45) is 10.2. The van der Waals surface area contributed by atoms with Crippen LogP contribution in [-0.2, 0) is 12.8 Å². The summed E-state index contributed by atoms with van der Waals surface area (Å²) < 4.78 is 2.45. The van der Waals surface area contributed by atoms with Gasteiger partial charge in [0.25, 0.3) is 0 Å². The number of hydrogen-bond acceptors (Lipinski definition) is 3. The molecule has 0 unspecified atom stereocenters. The number of hydrogen-bond donors (Lipinski definition) is 0. The van der Waals surface area contributed by atoms with Gasteiger partial charge >= 0.3 is 0 Å². The quantitative estimate of drug-likeness (QED) is 0.849. The van der Waals surface area contributed by atoms with Crippen molar-refractivity contribution >= 4 is 5.82 Å². The van der Waals surface area contributed by atoms with E-state index in [2.05, 4.69) is 44.8 Å². The second-order valence-electron chi connectivity index (χ2n) is 6.33. The van der Waals surface area contributed by atoms with Crippen molar-refractivity contribution in [1.82, 2.24) is 14.5 Å². The van der Waals surface area contributed by atoms with Crippen molar-refractivity contribution < 1.29 is 0 Å². The minimum absolute atomic E-state index is 0.557. The van der Waals surface area contributed by atoms with E-state index in [1.807, 2.05) is 6.20 Å². The van der Waals surface area contributed by atoms with Gasteiger partial charge in [-0.2, -0.15) is 0 Å². The van der Waals surface area contributed by atoms with Gasteiger partial charge in [-0.05, 0) is 56.7 Å². The molecular weight excluding hydrogens is 260 g/mol. The smallest absolute Gasteiger partial charge is 0.128 e. The number of anilines is 1. The molecule has 0 radical (unpaired) electrons. The molecule has 4 rings (SSSR count). The van der Waals surface area contributed by atoms with Crippen LogP contribution in [0.1, 0.15) is 42.3 Å². The van der Waals surface area contributed by atoms with E-state index in [9.17, 15) is 0 Å². The topological polar surface area (TPSA) is 34.0 Å². The van der Waals surface area contributed by atoms with E-state index in [-0.39, 0.29) is 0 Å². The Kier molecular flexibility index (Phi) is 3.17. The lowest BCUT2D eigenvalue weighted by atomic mass is 10.0. The number of imidazole rings is 1. The number of aryl methyl sites for hydroxylation is 2. The molecule has 0 saturated carbocycles. The minimum atomic E-state index is 0.557. The second-order valence-corrected chi connectivity index (χ2v) is 6.33. The maximum absolute atomic E-state index is 4.64. The highest BCUT2D eigenvalue weighted by atomic mass is 15.2. The van der Waals surface area contributed by atoms with E-state index >= 15 is 0 Å². The first-order valence-electron chi connectivity index (χ1n) is 8.03. The van der Waals surface area contributed by atoms with Crippen LogP contribution in [0.25, 0.3) is 0 Å². The first-order valence-corrected chi connectivity index (χ1v) is 8.03. The molecule has 0 spiro atoms. The molecule has 3 heterocycles. The molecule has 0 bridgehead atoms. The SMILES string of the molecule is Cc1ccnc(N2CC[C@H](n3cnc4c3CCCC4)C2)c1. The monoisotopic (exact) mass is 282 g/mol. The van der Waals surface area contributed by atoms with Crippen LogP contribution in [-0.4, -0.2) is 27.6 Å². The van der Waals surface area contributed by atoms with Crippen LogP contribution in [0.15, 0.2) is 24.7 Å². The molecule has 4 nitrogen and oxygen atoms in total. The Labute approximate surface area is 125 Å². The molecule has 0 aromatic carbocycles. The van der Waals surface area contributed by atoms with Crippen LogP contribution in [0.2, 0.25) is 0 Å². The third-order valence-electron chi connectivity index (χ3n) is 4.84. The summed E-state index contributed by atoms with van der Waals surface area (Å²) >= 11 is 0. The molecule has 0 N–H and O–H groups in total. The van der Waals surface area contributed by atoms with E-state index in [0.717, 1.165) is 25.3 Å². The lowest BCUT2D eigenvalue weighted by Gasteiger charge is -2.21. The first-order chi connectivity index (χ1) is 10.3. The molecule has 1 aliphatic carbocycles. The summed E-state index contributed by atoms with van der Waals surface area (Å²) in [6, 6.07) is 4.80. The van der Waals surface area contributed by atoms with Gasteiger partial charge in [-0.3, -0.25) is 0 Å². The summed E-state index contributed by atoms with van der Waals surface area (Å²) in [7, 11) is 0. The molecule has 21 heavy (non-hydrogen) atoms. The highest BCUT2D eigenvalue weighted by Gasteiger charge is 2.27. The van der Waals surface area contributed by atoms with E-state index in [0.29, 0.717) is 6.04 Å². The number of rotatable bonds is 2. The van der Waals surface area contributed by atoms with Crippen LogP contribution in [0.3, 0.4) is 0 Å². The zero-order chi connectivity index (χ0) is 14.2. The van der Waals surface area contributed by atoms with E-state index in [4.69, 9.17) is 0 Å². The molecule has 1 saturated heterocycles. The molecule has 2 aromatic heterocycles. The van der Waals surface area contributed by atoms with Gasteiger partial charge in [-0.1, -0.05) is 0 Å². The summed E-state index contributed by atoms with van der Waals surface area (Å²) in [5, 5.41) is 0. The number of pyridine rings is 1. The van der Waals surface area contributed by atoms with Gasteiger partial charge in [0.15, 0.2) is 0 Å². The molecule has 2 aliphatic rings. The zero-order valence-electron chi connectivity index (χ0n) is 12.6. The Morgan fingerprint density at radius 2 is 2.10 bits per heavy atom. The van der Waals surface area contributed by atoms with Gasteiger partial charge in [0.2, 0.25) is 0 Å². The van der Waals surface area contributed by atoms with Crippen molar-refractivity contribution in [3.63, 3.8) is 0 Å². The predicted octanol–water partition coefficient (Wildman–Crippen LogP) is 2.92.